The molecule has 0 amide bonds. The van der Waals surface area contributed by atoms with E-state index in [9.17, 15) is 8.42 Å². The van der Waals surface area contributed by atoms with E-state index in [1.807, 2.05) is 6.07 Å². The van der Waals surface area contributed by atoms with Crippen LogP contribution in [0.5, 0.6) is 5.75 Å². The summed E-state index contributed by atoms with van der Waals surface area (Å²) in [6, 6.07) is 8.30. The summed E-state index contributed by atoms with van der Waals surface area (Å²) in [5.74, 6) is 0.785. The molecule has 2 N–H and O–H groups in total. The molecule has 0 aliphatic carbocycles. The fourth-order valence-corrected chi connectivity index (χ4v) is 2.56. The van der Waals surface area contributed by atoms with Crippen molar-refractivity contribution in [3.05, 3.63) is 36.3 Å². The number of H-pyrrole nitrogens is 1. The number of hydrogen-bond donors (Lipinski definition) is 2. The van der Waals surface area contributed by atoms with Crippen molar-refractivity contribution >= 4 is 15.7 Å². The van der Waals surface area contributed by atoms with Crippen molar-refractivity contribution in [2.24, 2.45) is 0 Å². The molecule has 2 aromatic rings. The number of benzene rings is 1. The zero-order valence-electron chi connectivity index (χ0n) is 10.6. The highest BCUT2D eigenvalue weighted by molar-refractivity contribution is 7.92. The molecule has 8 heteroatoms. The number of sulfonamides is 1. The zero-order valence-corrected chi connectivity index (χ0v) is 11.4. The summed E-state index contributed by atoms with van der Waals surface area (Å²) in [6.07, 6.45) is 1.23. The van der Waals surface area contributed by atoms with Crippen LogP contribution in [-0.2, 0) is 10.0 Å². The van der Waals surface area contributed by atoms with Gasteiger partial charge in [0.2, 0.25) is 0 Å². The van der Waals surface area contributed by atoms with Crippen molar-refractivity contribution in [1.82, 2.24) is 9.97 Å². The number of aryl methyl sites for hydroxylation is 1. The standard InChI is InChI=1S/C12H12N4O3S/c1-9-14-8-12(15-9)20(17,18)16-10-4-2-3-5-11(10)19-7-6-13/h2-5,8,16H,7H2,1H3,(H,14,15). The van der Waals surface area contributed by atoms with Crippen LogP contribution in [0.25, 0.3) is 0 Å². The molecule has 7 nitrogen and oxygen atoms in total. The fourth-order valence-electron chi connectivity index (χ4n) is 1.52. The van der Waals surface area contributed by atoms with Crippen LogP contribution >= 0.6 is 0 Å². The molecule has 0 fully saturated rings. The fraction of sp³-hybridized carbons (Fsp3) is 0.167. The quantitative estimate of drug-likeness (QED) is 0.866. The number of nitrogens with zero attached hydrogens (tertiary/aromatic N) is 2. The lowest BCUT2D eigenvalue weighted by atomic mass is 10.3. The third-order valence-corrected chi connectivity index (χ3v) is 3.67. The number of anilines is 1. The topological polar surface area (TPSA) is 108 Å². The molecule has 0 unspecified atom stereocenters. The Bertz CT molecular complexity index is 746. The number of aromatic nitrogens is 2. The Morgan fingerprint density at radius 1 is 1.45 bits per heavy atom. The van der Waals surface area contributed by atoms with E-state index in [4.69, 9.17) is 10.00 Å². The Kier molecular flexibility index (Phi) is 3.91. The highest BCUT2D eigenvalue weighted by atomic mass is 32.2. The highest BCUT2D eigenvalue weighted by Crippen LogP contribution is 2.26. The lowest BCUT2D eigenvalue weighted by Gasteiger charge is -2.11. The predicted octanol–water partition coefficient (Wildman–Crippen LogP) is 1.42. The van der Waals surface area contributed by atoms with Gasteiger partial charge in [-0.2, -0.15) is 13.7 Å². The summed E-state index contributed by atoms with van der Waals surface area (Å²) in [7, 11) is -3.77. The second-order valence-corrected chi connectivity index (χ2v) is 5.53. The Morgan fingerprint density at radius 3 is 2.85 bits per heavy atom. The Morgan fingerprint density at radius 2 is 2.20 bits per heavy atom. The maximum absolute atomic E-state index is 12.1. The van der Waals surface area contributed by atoms with Gasteiger partial charge < -0.3 is 9.72 Å². The third-order valence-electron chi connectivity index (χ3n) is 2.39. The average Bonchev–Trinajstić information content (AvgIpc) is 2.85. The van der Waals surface area contributed by atoms with E-state index in [2.05, 4.69) is 14.7 Å². The SMILES string of the molecule is Cc1ncc(S(=O)(=O)Nc2ccccc2OCC#N)[nH]1. The van der Waals surface area contributed by atoms with Crippen molar-refractivity contribution in [3.63, 3.8) is 0 Å². The van der Waals surface area contributed by atoms with E-state index in [1.165, 1.54) is 6.20 Å². The van der Waals surface area contributed by atoms with Gasteiger partial charge in [-0.25, -0.2) is 4.98 Å². The lowest BCUT2D eigenvalue weighted by Crippen LogP contribution is -2.14. The first-order chi connectivity index (χ1) is 9.53. The molecule has 1 aromatic carbocycles. The van der Waals surface area contributed by atoms with Crippen LogP contribution in [0.4, 0.5) is 5.69 Å². The van der Waals surface area contributed by atoms with Crippen LogP contribution in [0.1, 0.15) is 5.82 Å². The number of aromatic amines is 1. The van der Waals surface area contributed by atoms with Gasteiger partial charge in [-0.15, -0.1) is 0 Å². The maximum Gasteiger partial charge on any atom is 0.279 e. The average molecular weight is 292 g/mol. The third kappa shape index (κ3) is 3.07. The van der Waals surface area contributed by atoms with Gasteiger partial charge in [0.15, 0.2) is 11.6 Å². The molecule has 1 heterocycles. The zero-order chi connectivity index (χ0) is 14.6. The largest absolute Gasteiger partial charge is 0.477 e. The number of nitrogens with one attached hydrogen (secondary N) is 2. The van der Waals surface area contributed by atoms with Crippen LogP contribution in [0.2, 0.25) is 0 Å². The first kappa shape index (κ1) is 13.9. The number of hydrogen-bond acceptors (Lipinski definition) is 5. The van der Waals surface area contributed by atoms with Crippen molar-refractivity contribution in [2.75, 3.05) is 11.3 Å². The number of ether oxygens (including phenoxy) is 1. The molecule has 2 rings (SSSR count). The van der Waals surface area contributed by atoms with Crippen LogP contribution in [0.3, 0.4) is 0 Å². The molecule has 0 spiro atoms. The van der Waals surface area contributed by atoms with Crippen LogP contribution in [-0.4, -0.2) is 25.0 Å². The minimum absolute atomic E-state index is 0.0370. The number of nitriles is 1. The normalized spacial score (nSPS) is 10.8. The molecule has 104 valence electrons. The summed E-state index contributed by atoms with van der Waals surface area (Å²) in [4.78, 5) is 6.49. The molecule has 20 heavy (non-hydrogen) atoms. The maximum atomic E-state index is 12.1. The second kappa shape index (κ2) is 5.63. The van der Waals surface area contributed by atoms with Gasteiger partial charge in [-0.3, -0.25) is 4.72 Å². The molecule has 0 saturated heterocycles. The van der Waals surface area contributed by atoms with Gasteiger partial charge in [0.25, 0.3) is 10.0 Å². The van der Waals surface area contributed by atoms with E-state index in [-0.39, 0.29) is 23.1 Å². The molecule has 0 atom stereocenters. The first-order valence-electron chi connectivity index (χ1n) is 5.66. The van der Waals surface area contributed by atoms with E-state index in [0.29, 0.717) is 5.82 Å². The molecule has 0 bridgehead atoms. The molecular weight excluding hydrogens is 280 g/mol. The molecule has 0 radical (unpaired) electrons. The number of para-hydroxylation sites is 2. The molecule has 0 saturated carbocycles. The molecule has 1 aromatic heterocycles. The van der Waals surface area contributed by atoms with Crippen LogP contribution in [0.15, 0.2) is 35.5 Å². The van der Waals surface area contributed by atoms with E-state index in [0.717, 1.165) is 0 Å². The number of imidazole rings is 1. The Labute approximate surface area is 116 Å². The monoisotopic (exact) mass is 292 g/mol. The Balaban J connectivity index is 2.28. The van der Waals surface area contributed by atoms with Gasteiger partial charge in [-0.05, 0) is 19.1 Å². The van der Waals surface area contributed by atoms with Gasteiger partial charge >= 0.3 is 0 Å². The van der Waals surface area contributed by atoms with Crippen molar-refractivity contribution in [1.29, 1.82) is 5.26 Å². The minimum Gasteiger partial charge on any atom is -0.477 e. The predicted molar refractivity (Wildman–Crippen MR) is 71.7 cm³/mol. The highest BCUT2D eigenvalue weighted by Gasteiger charge is 2.18. The smallest absolute Gasteiger partial charge is 0.279 e. The van der Waals surface area contributed by atoms with Crippen molar-refractivity contribution in [3.8, 4) is 11.8 Å². The first-order valence-corrected chi connectivity index (χ1v) is 7.14. The van der Waals surface area contributed by atoms with E-state index >= 15 is 0 Å². The number of rotatable bonds is 5. The summed E-state index contributed by atoms with van der Waals surface area (Å²) in [6.45, 7) is 1.49. The Hall–Kier alpha value is -2.53. The summed E-state index contributed by atoms with van der Waals surface area (Å²) >= 11 is 0. The second-order valence-electron chi connectivity index (χ2n) is 3.88. The molecule has 0 aliphatic rings. The lowest BCUT2D eigenvalue weighted by molar-refractivity contribution is 0.370. The van der Waals surface area contributed by atoms with E-state index in [1.54, 1.807) is 31.2 Å². The van der Waals surface area contributed by atoms with Gasteiger partial charge in [0.05, 0.1) is 11.9 Å². The summed E-state index contributed by atoms with van der Waals surface area (Å²) < 4.78 is 31.8. The summed E-state index contributed by atoms with van der Waals surface area (Å²) in [5, 5.41) is 8.47. The molecule has 0 aliphatic heterocycles. The molecular formula is C12H12N4O3S. The van der Waals surface area contributed by atoms with Gasteiger partial charge in [0.1, 0.15) is 17.6 Å². The van der Waals surface area contributed by atoms with Crippen molar-refractivity contribution in [2.45, 2.75) is 11.9 Å². The van der Waals surface area contributed by atoms with Crippen molar-refractivity contribution < 1.29 is 13.2 Å². The van der Waals surface area contributed by atoms with Crippen LogP contribution < -0.4 is 9.46 Å². The van der Waals surface area contributed by atoms with Gasteiger partial charge in [0, 0.05) is 0 Å². The van der Waals surface area contributed by atoms with Crippen LogP contribution in [0, 0.1) is 18.3 Å². The minimum atomic E-state index is -3.77. The van der Waals surface area contributed by atoms with Gasteiger partial charge in [-0.1, -0.05) is 12.1 Å². The summed E-state index contributed by atoms with van der Waals surface area (Å²) in [5.41, 5.74) is 0.259. The van der Waals surface area contributed by atoms with E-state index < -0.39 is 10.0 Å².